The van der Waals surface area contributed by atoms with Gasteiger partial charge in [-0.1, -0.05) is 36.4 Å². The number of carbonyl (C=O) groups is 1. The molecule has 4 nitrogen and oxygen atoms in total. The monoisotopic (exact) mass is 298 g/mol. The molecule has 0 bridgehead atoms. The third-order valence-corrected chi connectivity index (χ3v) is 3.76. The zero-order valence-electron chi connectivity index (χ0n) is 13.3. The quantitative estimate of drug-likeness (QED) is 0.822. The Bertz CT molecular complexity index is 587. The molecule has 0 fully saturated rings. The molecule has 4 heteroatoms. The normalized spacial score (nSPS) is 13.4. The number of methoxy groups -OCH3 is 1. The molecule has 1 amide bonds. The predicted octanol–water partition coefficient (Wildman–Crippen LogP) is 3.21. The lowest BCUT2D eigenvalue weighted by atomic mass is 10.1. The average molecular weight is 298 g/mol. The summed E-state index contributed by atoms with van der Waals surface area (Å²) in [7, 11) is 1.55. The molecule has 0 aliphatic rings. The van der Waals surface area contributed by atoms with E-state index in [1.165, 1.54) is 0 Å². The first kappa shape index (κ1) is 16.2. The Labute approximate surface area is 131 Å². The Morgan fingerprint density at radius 1 is 1.14 bits per heavy atom. The van der Waals surface area contributed by atoms with Gasteiger partial charge < -0.3 is 9.64 Å². The highest BCUT2D eigenvalue weighted by Gasteiger charge is 2.26. The van der Waals surface area contributed by atoms with Gasteiger partial charge in [-0.15, -0.1) is 0 Å². The van der Waals surface area contributed by atoms with Crippen LogP contribution in [-0.2, 0) is 16.1 Å². The first-order valence-electron chi connectivity index (χ1n) is 7.41. The van der Waals surface area contributed by atoms with E-state index in [9.17, 15) is 4.79 Å². The highest BCUT2D eigenvalue weighted by molar-refractivity contribution is 5.81. The van der Waals surface area contributed by atoms with Crippen LogP contribution in [0.1, 0.15) is 31.1 Å². The molecule has 1 aromatic carbocycles. The van der Waals surface area contributed by atoms with E-state index in [0.29, 0.717) is 6.54 Å². The van der Waals surface area contributed by atoms with E-state index in [-0.39, 0.29) is 11.9 Å². The van der Waals surface area contributed by atoms with Gasteiger partial charge in [-0.05, 0) is 31.5 Å². The van der Waals surface area contributed by atoms with Crippen LogP contribution in [0.4, 0.5) is 0 Å². The fourth-order valence-corrected chi connectivity index (χ4v) is 2.30. The largest absolute Gasteiger partial charge is 0.372 e. The molecule has 22 heavy (non-hydrogen) atoms. The van der Waals surface area contributed by atoms with Crippen LogP contribution in [0.5, 0.6) is 0 Å². The Morgan fingerprint density at radius 2 is 1.82 bits per heavy atom. The maximum absolute atomic E-state index is 12.7. The molecule has 0 unspecified atom stereocenters. The number of hydrogen-bond acceptors (Lipinski definition) is 3. The van der Waals surface area contributed by atoms with Crippen LogP contribution in [0.25, 0.3) is 0 Å². The minimum absolute atomic E-state index is 0.0375. The topological polar surface area (TPSA) is 42.4 Å². The zero-order chi connectivity index (χ0) is 15.9. The van der Waals surface area contributed by atoms with Gasteiger partial charge in [0.05, 0.1) is 11.7 Å². The summed E-state index contributed by atoms with van der Waals surface area (Å²) in [6, 6.07) is 15.6. The number of nitrogens with zero attached hydrogens (tertiary/aromatic N) is 2. The predicted molar refractivity (Wildman–Crippen MR) is 86.1 cm³/mol. The molecule has 0 aliphatic heterocycles. The summed E-state index contributed by atoms with van der Waals surface area (Å²) in [5, 5.41) is 0. The molecule has 0 N–H and O–H groups in total. The number of ether oxygens (including phenoxy) is 1. The van der Waals surface area contributed by atoms with E-state index < -0.39 is 6.10 Å². The molecule has 1 aromatic heterocycles. The van der Waals surface area contributed by atoms with Crippen molar-refractivity contribution in [2.24, 2.45) is 0 Å². The van der Waals surface area contributed by atoms with Crippen molar-refractivity contribution in [2.75, 3.05) is 7.11 Å². The zero-order valence-corrected chi connectivity index (χ0v) is 13.3. The van der Waals surface area contributed by atoms with Gasteiger partial charge in [0.2, 0.25) is 0 Å². The van der Waals surface area contributed by atoms with Gasteiger partial charge in [0.25, 0.3) is 5.91 Å². The number of amides is 1. The van der Waals surface area contributed by atoms with Crippen molar-refractivity contribution in [3.63, 3.8) is 0 Å². The number of carbonyl (C=O) groups excluding carboxylic acids is 1. The van der Waals surface area contributed by atoms with Crippen LogP contribution in [-0.4, -0.2) is 29.0 Å². The number of rotatable bonds is 6. The summed E-state index contributed by atoms with van der Waals surface area (Å²) < 4.78 is 5.21. The van der Waals surface area contributed by atoms with E-state index in [4.69, 9.17) is 4.74 Å². The Kier molecular flexibility index (Phi) is 5.67. The molecular weight excluding hydrogens is 276 g/mol. The van der Waals surface area contributed by atoms with Crippen LogP contribution in [0.2, 0.25) is 0 Å². The maximum Gasteiger partial charge on any atom is 0.252 e. The number of pyridine rings is 1. The minimum atomic E-state index is -0.477. The van der Waals surface area contributed by atoms with Crippen molar-refractivity contribution in [1.29, 1.82) is 0 Å². The molecule has 0 saturated carbocycles. The van der Waals surface area contributed by atoms with E-state index in [1.807, 2.05) is 60.4 Å². The molecule has 0 aliphatic carbocycles. The standard InChI is InChI=1S/C18H22N2O2/c1-14(17-11-7-8-12-19-17)20(18(21)15(2)22-3)13-16-9-5-4-6-10-16/h4-12,14-15H,13H2,1-3H3/t14-,15+/m1/s1. The van der Waals surface area contributed by atoms with E-state index in [0.717, 1.165) is 11.3 Å². The Morgan fingerprint density at radius 3 is 2.41 bits per heavy atom. The molecule has 2 rings (SSSR count). The van der Waals surface area contributed by atoms with Crippen LogP contribution < -0.4 is 0 Å². The van der Waals surface area contributed by atoms with Gasteiger partial charge >= 0.3 is 0 Å². The highest BCUT2D eigenvalue weighted by Crippen LogP contribution is 2.22. The summed E-state index contributed by atoms with van der Waals surface area (Å²) in [5.74, 6) is -0.0375. The molecule has 1 heterocycles. The van der Waals surface area contributed by atoms with Crippen molar-refractivity contribution >= 4 is 5.91 Å². The van der Waals surface area contributed by atoms with Gasteiger partial charge in [-0.25, -0.2) is 0 Å². The maximum atomic E-state index is 12.7. The molecule has 0 spiro atoms. The molecular formula is C18H22N2O2. The number of hydrogen-bond donors (Lipinski definition) is 0. The van der Waals surface area contributed by atoms with Gasteiger partial charge in [-0.3, -0.25) is 9.78 Å². The van der Waals surface area contributed by atoms with Crippen LogP contribution in [0.15, 0.2) is 54.7 Å². The molecule has 2 atom stereocenters. The van der Waals surface area contributed by atoms with Crippen LogP contribution >= 0.6 is 0 Å². The number of aromatic nitrogens is 1. The number of benzene rings is 1. The minimum Gasteiger partial charge on any atom is -0.372 e. The summed E-state index contributed by atoms with van der Waals surface area (Å²) in [6.07, 6.45) is 1.27. The smallest absolute Gasteiger partial charge is 0.252 e. The summed E-state index contributed by atoms with van der Waals surface area (Å²) in [6.45, 7) is 4.29. The van der Waals surface area contributed by atoms with Crippen molar-refractivity contribution in [3.8, 4) is 0 Å². The van der Waals surface area contributed by atoms with Crippen molar-refractivity contribution in [1.82, 2.24) is 9.88 Å². The third kappa shape index (κ3) is 3.92. The molecule has 0 radical (unpaired) electrons. The molecule has 2 aromatic rings. The molecule has 0 saturated heterocycles. The first-order chi connectivity index (χ1) is 10.6. The highest BCUT2D eigenvalue weighted by atomic mass is 16.5. The Balaban J connectivity index is 2.27. The summed E-state index contributed by atoms with van der Waals surface area (Å²) in [5.41, 5.74) is 1.96. The van der Waals surface area contributed by atoms with E-state index in [1.54, 1.807) is 20.2 Å². The average Bonchev–Trinajstić information content (AvgIpc) is 2.59. The van der Waals surface area contributed by atoms with Gasteiger partial charge in [0, 0.05) is 19.9 Å². The van der Waals surface area contributed by atoms with Crippen LogP contribution in [0.3, 0.4) is 0 Å². The second kappa shape index (κ2) is 7.71. The fraction of sp³-hybridized carbons (Fsp3) is 0.333. The van der Waals surface area contributed by atoms with Gasteiger partial charge in [0.15, 0.2) is 0 Å². The van der Waals surface area contributed by atoms with Gasteiger partial charge in [-0.2, -0.15) is 0 Å². The van der Waals surface area contributed by atoms with Crippen molar-refractivity contribution in [2.45, 2.75) is 32.5 Å². The lowest BCUT2D eigenvalue weighted by molar-refractivity contribution is -0.144. The third-order valence-electron chi connectivity index (χ3n) is 3.76. The van der Waals surface area contributed by atoms with E-state index >= 15 is 0 Å². The SMILES string of the molecule is CO[C@@H](C)C(=O)N(Cc1ccccc1)[C@H](C)c1ccccn1. The van der Waals surface area contributed by atoms with Gasteiger partial charge in [0.1, 0.15) is 6.10 Å². The van der Waals surface area contributed by atoms with Crippen molar-refractivity contribution < 1.29 is 9.53 Å². The second-order valence-corrected chi connectivity index (χ2v) is 5.26. The summed E-state index contributed by atoms with van der Waals surface area (Å²) >= 11 is 0. The first-order valence-corrected chi connectivity index (χ1v) is 7.41. The van der Waals surface area contributed by atoms with Crippen molar-refractivity contribution in [3.05, 3.63) is 66.0 Å². The van der Waals surface area contributed by atoms with E-state index in [2.05, 4.69) is 4.98 Å². The summed E-state index contributed by atoms with van der Waals surface area (Å²) in [4.78, 5) is 18.9. The second-order valence-electron chi connectivity index (χ2n) is 5.26. The Hall–Kier alpha value is -2.20. The lowest BCUT2D eigenvalue weighted by Gasteiger charge is -2.31. The van der Waals surface area contributed by atoms with Crippen LogP contribution in [0, 0.1) is 0 Å². The lowest BCUT2D eigenvalue weighted by Crippen LogP contribution is -2.40. The fourth-order valence-electron chi connectivity index (χ4n) is 2.30. The molecule has 116 valence electrons.